The lowest BCUT2D eigenvalue weighted by atomic mass is 10.0. The number of benzene rings is 1. The van der Waals surface area contributed by atoms with E-state index in [1.807, 2.05) is 13.0 Å². The molecular weight excluding hydrogens is 490 g/mol. The van der Waals surface area contributed by atoms with Crippen molar-refractivity contribution in [3.63, 3.8) is 0 Å². The number of amides is 2. The number of rotatable bonds is 5. The van der Waals surface area contributed by atoms with Gasteiger partial charge in [-0.3, -0.25) is 9.59 Å². The van der Waals surface area contributed by atoms with Gasteiger partial charge in [0, 0.05) is 31.4 Å². The Bertz CT molecular complexity index is 1160. The van der Waals surface area contributed by atoms with Crippen molar-refractivity contribution in [2.45, 2.75) is 57.5 Å². The Hall–Kier alpha value is -2.91. The quantitative estimate of drug-likeness (QED) is 0.608. The monoisotopic (exact) mass is 525 g/mol. The summed E-state index contributed by atoms with van der Waals surface area (Å²) in [5, 5.41) is 6.73. The molecule has 10 heteroatoms. The van der Waals surface area contributed by atoms with Crippen LogP contribution in [0.5, 0.6) is 0 Å². The van der Waals surface area contributed by atoms with E-state index in [-0.39, 0.29) is 23.8 Å². The number of hydrogen-bond acceptors (Lipinski definition) is 7. The van der Waals surface area contributed by atoms with E-state index in [9.17, 15) is 9.59 Å². The molecule has 0 radical (unpaired) electrons. The van der Waals surface area contributed by atoms with Crippen molar-refractivity contribution in [1.29, 1.82) is 0 Å². The maximum Gasteiger partial charge on any atom is 0.253 e. The molecule has 198 valence electrons. The molecule has 1 saturated carbocycles. The van der Waals surface area contributed by atoms with Crippen LogP contribution in [-0.2, 0) is 4.79 Å². The molecule has 1 unspecified atom stereocenters. The SMILES string of the molecule is CC1CN(C2CCCC2)c2nc(Nc3ccc(C(=O)NC4CCN(C)CC4)c(Cl)c3)ncc2N(C)C1=O. The van der Waals surface area contributed by atoms with Crippen LogP contribution in [-0.4, -0.2) is 72.5 Å². The lowest BCUT2D eigenvalue weighted by Crippen LogP contribution is -2.43. The highest BCUT2D eigenvalue weighted by Crippen LogP contribution is 2.37. The third-order valence-electron chi connectivity index (χ3n) is 7.90. The Morgan fingerprint density at radius 3 is 2.54 bits per heavy atom. The van der Waals surface area contributed by atoms with Crippen molar-refractivity contribution in [2.75, 3.05) is 48.8 Å². The fraction of sp³-hybridized carbons (Fsp3) is 0.556. The first-order valence-electron chi connectivity index (χ1n) is 13.3. The van der Waals surface area contributed by atoms with Crippen LogP contribution in [0.3, 0.4) is 0 Å². The molecule has 2 N–H and O–H groups in total. The topological polar surface area (TPSA) is 93.7 Å². The summed E-state index contributed by atoms with van der Waals surface area (Å²) >= 11 is 6.53. The van der Waals surface area contributed by atoms with Gasteiger partial charge in [-0.15, -0.1) is 0 Å². The zero-order chi connectivity index (χ0) is 26.1. The Kier molecular flexibility index (Phi) is 7.53. The van der Waals surface area contributed by atoms with Crippen LogP contribution in [0.2, 0.25) is 5.02 Å². The minimum atomic E-state index is -0.151. The number of piperidine rings is 1. The Labute approximate surface area is 223 Å². The molecule has 2 fully saturated rings. The Balaban J connectivity index is 1.34. The summed E-state index contributed by atoms with van der Waals surface area (Å²) in [5.41, 5.74) is 1.88. The van der Waals surface area contributed by atoms with E-state index in [0.717, 1.165) is 50.3 Å². The highest BCUT2D eigenvalue weighted by Gasteiger charge is 2.35. The van der Waals surface area contributed by atoms with Crippen molar-refractivity contribution in [1.82, 2.24) is 20.2 Å². The maximum atomic E-state index is 12.9. The molecule has 2 amide bonds. The number of hydrogen-bond donors (Lipinski definition) is 2. The van der Waals surface area contributed by atoms with Crippen LogP contribution < -0.4 is 20.4 Å². The zero-order valence-corrected chi connectivity index (χ0v) is 22.6. The summed E-state index contributed by atoms with van der Waals surface area (Å²) in [6, 6.07) is 5.82. The predicted molar refractivity (Wildman–Crippen MR) is 147 cm³/mol. The van der Waals surface area contributed by atoms with Gasteiger partial charge in [0.25, 0.3) is 5.91 Å². The summed E-state index contributed by atoms with van der Waals surface area (Å²) in [7, 11) is 3.89. The van der Waals surface area contributed by atoms with Gasteiger partial charge in [-0.2, -0.15) is 4.98 Å². The number of nitrogens with one attached hydrogen (secondary N) is 2. The smallest absolute Gasteiger partial charge is 0.253 e. The van der Waals surface area contributed by atoms with Crippen LogP contribution in [0, 0.1) is 5.92 Å². The Morgan fingerprint density at radius 1 is 1.11 bits per heavy atom. The number of fused-ring (bicyclic) bond motifs is 1. The van der Waals surface area contributed by atoms with Crippen LogP contribution >= 0.6 is 11.6 Å². The molecule has 1 aromatic heterocycles. The molecule has 37 heavy (non-hydrogen) atoms. The number of carbonyl (C=O) groups excluding carboxylic acids is 2. The average Bonchev–Trinajstić information content (AvgIpc) is 3.40. The van der Waals surface area contributed by atoms with E-state index in [0.29, 0.717) is 34.8 Å². The highest BCUT2D eigenvalue weighted by molar-refractivity contribution is 6.34. The second-order valence-electron chi connectivity index (χ2n) is 10.7. The molecule has 2 aliphatic heterocycles. The minimum absolute atomic E-state index is 0.0759. The fourth-order valence-electron chi connectivity index (χ4n) is 5.64. The molecule has 3 heterocycles. The van der Waals surface area contributed by atoms with E-state index in [4.69, 9.17) is 16.6 Å². The lowest BCUT2D eigenvalue weighted by molar-refractivity contribution is -0.121. The highest BCUT2D eigenvalue weighted by atomic mass is 35.5. The second-order valence-corrected chi connectivity index (χ2v) is 11.1. The molecule has 5 rings (SSSR count). The van der Waals surface area contributed by atoms with E-state index in [1.54, 1.807) is 30.3 Å². The normalized spacial score (nSPS) is 21.6. The number of likely N-dealkylation sites (tertiary alicyclic amines) is 1. The zero-order valence-electron chi connectivity index (χ0n) is 21.8. The third kappa shape index (κ3) is 5.52. The molecule has 1 aliphatic carbocycles. The van der Waals surface area contributed by atoms with Crippen LogP contribution in [0.1, 0.15) is 55.8 Å². The van der Waals surface area contributed by atoms with Crippen molar-refractivity contribution in [2.24, 2.45) is 5.92 Å². The fourth-order valence-corrected chi connectivity index (χ4v) is 5.91. The molecule has 0 bridgehead atoms. The van der Waals surface area contributed by atoms with Gasteiger partial charge in [-0.25, -0.2) is 4.98 Å². The molecule has 3 aliphatic rings. The molecule has 1 aromatic carbocycles. The summed E-state index contributed by atoms with van der Waals surface area (Å²) in [6.07, 6.45) is 8.19. The van der Waals surface area contributed by atoms with E-state index >= 15 is 0 Å². The first-order chi connectivity index (χ1) is 17.8. The number of carbonyl (C=O) groups is 2. The van der Waals surface area contributed by atoms with Crippen LogP contribution in [0.4, 0.5) is 23.1 Å². The summed E-state index contributed by atoms with van der Waals surface area (Å²) in [6.45, 7) is 4.57. The van der Waals surface area contributed by atoms with Gasteiger partial charge in [0.05, 0.1) is 22.7 Å². The lowest BCUT2D eigenvalue weighted by Gasteiger charge is -2.31. The van der Waals surface area contributed by atoms with E-state index in [1.165, 1.54) is 12.8 Å². The van der Waals surface area contributed by atoms with Gasteiger partial charge in [0.15, 0.2) is 5.82 Å². The average molecular weight is 526 g/mol. The first kappa shape index (κ1) is 25.7. The largest absolute Gasteiger partial charge is 0.351 e. The molecular formula is C27H36ClN7O2. The third-order valence-corrected chi connectivity index (χ3v) is 8.21. The van der Waals surface area contributed by atoms with Crippen molar-refractivity contribution >= 4 is 46.6 Å². The van der Waals surface area contributed by atoms with Crippen LogP contribution in [0.15, 0.2) is 24.4 Å². The number of halogens is 1. The molecule has 1 saturated heterocycles. The molecule has 9 nitrogen and oxygen atoms in total. The van der Waals surface area contributed by atoms with Crippen molar-refractivity contribution in [3.8, 4) is 0 Å². The van der Waals surface area contributed by atoms with Gasteiger partial charge in [0.1, 0.15) is 5.69 Å². The maximum absolute atomic E-state index is 12.9. The van der Waals surface area contributed by atoms with E-state index < -0.39 is 0 Å². The molecule has 0 spiro atoms. The summed E-state index contributed by atoms with van der Waals surface area (Å²) < 4.78 is 0. The van der Waals surface area contributed by atoms with E-state index in [2.05, 4.69) is 32.5 Å². The second kappa shape index (κ2) is 10.8. The van der Waals surface area contributed by atoms with Crippen molar-refractivity contribution < 1.29 is 9.59 Å². The number of nitrogens with zero attached hydrogens (tertiary/aromatic N) is 5. The van der Waals surface area contributed by atoms with Crippen molar-refractivity contribution in [3.05, 3.63) is 35.0 Å². The summed E-state index contributed by atoms with van der Waals surface area (Å²) in [5.74, 6) is 1.01. The van der Waals surface area contributed by atoms with Gasteiger partial charge in [-0.1, -0.05) is 31.4 Å². The number of anilines is 4. The van der Waals surface area contributed by atoms with Gasteiger partial charge < -0.3 is 25.3 Å². The standard InChI is InChI=1S/C27H36ClN7O2/c1-17-16-35(20-6-4-5-7-20)24-23(34(3)26(17)37)15-29-27(32-24)31-19-8-9-21(22(28)14-19)25(36)30-18-10-12-33(2)13-11-18/h8-9,14-15,17-18,20H,4-7,10-13,16H2,1-3H3,(H,30,36)(H,29,31,32). The Morgan fingerprint density at radius 2 is 1.84 bits per heavy atom. The van der Waals surface area contributed by atoms with Gasteiger partial charge in [-0.05, 0) is 64.0 Å². The van der Waals surface area contributed by atoms with Gasteiger partial charge in [0.2, 0.25) is 11.9 Å². The molecule has 1 atom stereocenters. The van der Waals surface area contributed by atoms with Gasteiger partial charge >= 0.3 is 0 Å². The first-order valence-corrected chi connectivity index (χ1v) is 13.6. The molecule has 2 aromatic rings. The summed E-state index contributed by atoms with van der Waals surface area (Å²) in [4.78, 5) is 41.3. The number of aromatic nitrogens is 2. The predicted octanol–water partition coefficient (Wildman–Crippen LogP) is 4.06. The minimum Gasteiger partial charge on any atom is -0.351 e. The van der Waals surface area contributed by atoms with Crippen LogP contribution in [0.25, 0.3) is 0 Å².